The van der Waals surface area contributed by atoms with Crippen LogP contribution in [0.2, 0.25) is 0 Å². The highest BCUT2D eigenvalue weighted by Crippen LogP contribution is 2.30. The lowest BCUT2D eigenvalue weighted by molar-refractivity contribution is 0.0946. The Hall–Kier alpha value is -2.29. The molecule has 3 nitrogen and oxygen atoms in total. The van der Waals surface area contributed by atoms with Gasteiger partial charge in [-0.1, -0.05) is 71.9 Å². The number of rotatable bonds is 5. The molecule has 2 rings (SSSR count). The van der Waals surface area contributed by atoms with E-state index in [1.54, 1.807) is 0 Å². The van der Waals surface area contributed by atoms with Crippen molar-refractivity contribution in [1.29, 1.82) is 0 Å². The molecule has 1 amide bonds. The lowest BCUT2D eigenvalue weighted by atomic mass is 9.86. The Morgan fingerprint density at radius 3 is 2.08 bits per heavy atom. The lowest BCUT2D eigenvalue weighted by Crippen LogP contribution is -2.28. The minimum Gasteiger partial charge on any atom is -0.491 e. The quantitative estimate of drug-likeness (QED) is 0.760. The van der Waals surface area contributed by atoms with E-state index in [1.165, 1.54) is 11.1 Å². The van der Waals surface area contributed by atoms with Crippen LogP contribution >= 0.6 is 0 Å². The number of para-hydroxylation sites is 1. The molecule has 0 spiro atoms. The molecule has 2 aromatic carbocycles. The van der Waals surface area contributed by atoms with Gasteiger partial charge in [0.05, 0.1) is 6.54 Å². The van der Waals surface area contributed by atoms with Crippen molar-refractivity contribution in [3.8, 4) is 5.75 Å². The van der Waals surface area contributed by atoms with E-state index in [1.807, 2.05) is 42.5 Å². The number of amides is 1. The standard InChI is InChI=1S/C23H31NO2/c1-22(2,3)18-13-11-17(12-14-18)21(25)24-15-16-26-20-10-8-7-9-19(20)23(4,5)6/h7-14H,15-16H2,1-6H3,(H,24,25). The van der Waals surface area contributed by atoms with Crippen molar-refractivity contribution < 1.29 is 9.53 Å². The fraction of sp³-hybridized carbons (Fsp3) is 0.435. The number of ether oxygens (including phenoxy) is 1. The van der Waals surface area contributed by atoms with Crippen molar-refractivity contribution in [1.82, 2.24) is 5.32 Å². The zero-order chi connectivity index (χ0) is 19.4. The van der Waals surface area contributed by atoms with E-state index in [-0.39, 0.29) is 16.7 Å². The monoisotopic (exact) mass is 353 g/mol. The molecule has 0 unspecified atom stereocenters. The highest BCUT2D eigenvalue weighted by molar-refractivity contribution is 5.94. The third-order valence-corrected chi connectivity index (χ3v) is 4.35. The molecule has 26 heavy (non-hydrogen) atoms. The van der Waals surface area contributed by atoms with Gasteiger partial charge in [-0.3, -0.25) is 4.79 Å². The first-order valence-electron chi connectivity index (χ1n) is 9.20. The summed E-state index contributed by atoms with van der Waals surface area (Å²) in [5.41, 5.74) is 3.17. The molecular weight excluding hydrogens is 322 g/mol. The van der Waals surface area contributed by atoms with Gasteiger partial charge >= 0.3 is 0 Å². The molecule has 0 aliphatic rings. The Labute approximate surface area is 157 Å². The molecule has 0 bridgehead atoms. The van der Waals surface area contributed by atoms with Crippen LogP contribution in [-0.4, -0.2) is 19.1 Å². The molecule has 0 saturated heterocycles. The van der Waals surface area contributed by atoms with Gasteiger partial charge in [-0.2, -0.15) is 0 Å². The van der Waals surface area contributed by atoms with Crippen LogP contribution in [0.1, 0.15) is 63.0 Å². The molecule has 1 N–H and O–H groups in total. The summed E-state index contributed by atoms with van der Waals surface area (Å²) >= 11 is 0. The van der Waals surface area contributed by atoms with Gasteiger partial charge in [0.2, 0.25) is 0 Å². The van der Waals surface area contributed by atoms with Crippen molar-refractivity contribution in [3.63, 3.8) is 0 Å². The number of carbonyl (C=O) groups is 1. The minimum atomic E-state index is -0.0711. The van der Waals surface area contributed by atoms with Crippen molar-refractivity contribution in [2.75, 3.05) is 13.2 Å². The van der Waals surface area contributed by atoms with Gasteiger partial charge in [-0.05, 0) is 40.2 Å². The molecule has 0 atom stereocenters. The zero-order valence-corrected chi connectivity index (χ0v) is 16.8. The van der Waals surface area contributed by atoms with Gasteiger partial charge in [-0.15, -0.1) is 0 Å². The van der Waals surface area contributed by atoms with Gasteiger partial charge < -0.3 is 10.1 Å². The maximum atomic E-state index is 12.3. The molecule has 0 fully saturated rings. The Balaban J connectivity index is 1.88. The largest absolute Gasteiger partial charge is 0.491 e. The SMILES string of the molecule is CC(C)(C)c1ccc(C(=O)NCCOc2ccccc2C(C)(C)C)cc1. The fourth-order valence-corrected chi connectivity index (χ4v) is 2.76. The first-order valence-corrected chi connectivity index (χ1v) is 9.20. The highest BCUT2D eigenvalue weighted by atomic mass is 16.5. The zero-order valence-electron chi connectivity index (χ0n) is 16.8. The van der Waals surface area contributed by atoms with Crippen LogP contribution in [0.25, 0.3) is 0 Å². The van der Waals surface area contributed by atoms with Gasteiger partial charge in [0.15, 0.2) is 0 Å². The second kappa shape index (κ2) is 7.94. The number of nitrogens with one attached hydrogen (secondary N) is 1. The normalized spacial score (nSPS) is 11.9. The molecule has 0 radical (unpaired) electrons. The maximum absolute atomic E-state index is 12.3. The average molecular weight is 354 g/mol. The topological polar surface area (TPSA) is 38.3 Å². The summed E-state index contributed by atoms with van der Waals surface area (Å²) in [5, 5.41) is 2.92. The number of hydrogen-bond donors (Lipinski definition) is 1. The predicted molar refractivity (Wildman–Crippen MR) is 108 cm³/mol. The molecule has 0 aliphatic heterocycles. The van der Waals surface area contributed by atoms with Crippen LogP contribution in [0.4, 0.5) is 0 Å². The molecule has 0 heterocycles. The van der Waals surface area contributed by atoms with Gasteiger partial charge in [0.25, 0.3) is 5.91 Å². The second-order valence-electron chi connectivity index (χ2n) is 8.68. The van der Waals surface area contributed by atoms with Crippen LogP contribution in [0.5, 0.6) is 5.75 Å². The summed E-state index contributed by atoms with van der Waals surface area (Å²) in [7, 11) is 0. The summed E-state index contributed by atoms with van der Waals surface area (Å²) in [4.78, 5) is 12.3. The average Bonchev–Trinajstić information content (AvgIpc) is 2.57. The van der Waals surface area contributed by atoms with Crippen molar-refractivity contribution >= 4 is 5.91 Å². The molecule has 0 aromatic heterocycles. The Bertz CT molecular complexity index is 734. The molecule has 0 aliphatic carbocycles. The predicted octanol–water partition coefficient (Wildman–Crippen LogP) is 5.09. The van der Waals surface area contributed by atoms with Gasteiger partial charge in [0, 0.05) is 5.56 Å². The van der Waals surface area contributed by atoms with Crippen molar-refractivity contribution in [2.45, 2.75) is 52.4 Å². The lowest BCUT2D eigenvalue weighted by Gasteiger charge is -2.22. The molecular formula is C23H31NO2. The van der Waals surface area contributed by atoms with E-state index >= 15 is 0 Å². The molecule has 2 aromatic rings. The molecule has 0 saturated carbocycles. The number of carbonyl (C=O) groups excluding carboxylic acids is 1. The molecule has 3 heteroatoms. The van der Waals surface area contributed by atoms with Gasteiger partial charge in [0.1, 0.15) is 12.4 Å². The van der Waals surface area contributed by atoms with Crippen LogP contribution in [0.15, 0.2) is 48.5 Å². The molecule has 140 valence electrons. The number of benzene rings is 2. The summed E-state index contributed by atoms with van der Waals surface area (Å²) < 4.78 is 5.90. The Morgan fingerprint density at radius 2 is 1.50 bits per heavy atom. The van der Waals surface area contributed by atoms with Gasteiger partial charge in [-0.25, -0.2) is 0 Å². The summed E-state index contributed by atoms with van der Waals surface area (Å²) in [5.74, 6) is 0.807. The van der Waals surface area contributed by atoms with E-state index in [4.69, 9.17) is 4.74 Å². The highest BCUT2D eigenvalue weighted by Gasteiger charge is 2.18. The smallest absolute Gasteiger partial charge is 0.251 e. The number of hydrogen-bond acceptors (Lipinski definition) is 2. The van der Waals surface area contributed by atoms with Crippen molar-refractivity contribution in [3.05, 3.63) is 65.2 Å². The third kappa shape index (κ3) is 5.35. The third-order valence-electron chi connectivity index (χ3n) is 4.35. The summed E-state index contributed by atoms with van der Waals surface area (Å²) in [6, 6.07) is 15.9. The summed E-state index contributed by atoms with van der Waals surface area (Å²) in [6.45, 7) is 13.9. The Kier molecular flexibility index (Phi) is 6.12. The van der Waals surface area contributed by atoms with E-state index in [0.29, 0.717) is 18.7 Å². The minimum absolute atomic E-state index is 0.0225. The van der Waals surface area contributed by atoms with Crippen LogP contribution in [0.3, 0.4) is 0 Å². The van der Waals surface area contributed by atoms with Crippen LogP contribution < -0.4 is 10.1 Å². The van der Waals surface area contributed by atoms with Crippen molar-refractivity contribution in [2.24, 2.45) is 0 Å². The summed E-state index contributed by atoms with van der Waals surface area (Å²) in [6.07, 6.45) is 0. The van der Waals surface area contributed by atoms with E-state index in [0.717, 1.165) is 5.75 Å². The van der Waals surface area contributed by atoms with E-state index in [2.05, 4.69) is 52.9 Å². The maximum Gasteiger partial charge on any atom is 0.251 e. The van der Waals surface area contributed by atoms with E-state index < -0.39 is 0 Å². The van der Waals surface area contributed by atoms with E-state index in [9.17, 15) is 4.79 Å². The van der Waals surface area contributed by atoms with Crippen LogP contribution in [-0.2, 0) is 10.8 Å². The first-order chi connectivity index (χ1) is 12.1. The van der Waals surface area contributed by atoms with Crippen LogP contribution in [0, 0.1) is 0 Å². The fourth-order valence-electron chi connectivity index (χ4n) is 2.76. The first kappa shape index (κ1) is 20.0. The second-order valence-corrected chi connectivity index (χ2v) is 8.68. The Morgan fingerprint density at radius 1 is 0.885 bits per heavy atom.